The van der Waals surface area contributed by atoms with Gasteiger partial charge < -0.3 is 30.9 Å². The number of halogens is 2. The third-order valence-electron chi connectivity index (χ3n) is 6.28. The summed E-state index contributed by atoms with van der Waals surface area (Å²) in [5.74, 6) is -1.91. The summed E-state index contributed by atoms with van der Waals surface area (Å²) in [7, 11) is 0. The van der Waals surface area contributed by atoms with Crippen LogP contribution >= 0.6 is 0 Å². The Balaban J connectivity index is 1.34. The predicted molar refractivity (Wildman–Crippen MR) is 136 cm³/mol. The number of hydrogen-bond donors (Lipinski definition) is 6. The number of amides is 1. The van der Waals surface area contributed by atoms with Gasteiger partial charge in [0.05, 0.1) is 12.7 Å². The Bertz CT molecular complexity index is 1390. The van der Waals surface area contributed by atoms with Crippen LogP contribution in [0.25, 0.3) is 10.9 Å². The lowest BCUT2D eigenvalue weighted by molar-refractivity contribution is 0.0946. The summed E-state index contributed by atoms with van der Waals surface area (Å²) in [6.45, 7) is 1.70. The first kappa shape index (κ1) is 26.3. The van der Waals surface area contributed by atoms with Crippen LogP contribution in [0.1, 0.15) is 45.8 Å². The number of carbonyl (C=O) groups excluding carboxylic acids is 1. The van der Waals surface area contributed by atoms with Crippen LogP contribution in [-0.4, -0.2) is 38.8 Å². The number of benzene rings is 3. The lowest BCUT2D eigenvalue weighted by Crippen LogP contribution is -2.32. The molecule has 0 radical (unpaired) electrons. The molecule has 1 amide bonds. The number of nitrogens with one attached hydrogen (secondary N) is 3. The number of aromatic amines is 1. The highest BCUT2D eigenvalue weighted by Crippen LogP contribution is 2.23. The molecule has 37 heavy (non-hydrogen) atoms. The first-order valence-electron chi connectivity index (χ1n) is 11.9. The Hall–Kier alpha value is -3.79. The van der Waals surface area contributed by atoms with E-state index in [0.717, 1.165) is 28.6 Å². The fourth-order valence-electron chi connectivity index (χ4n) is 4.19. The molecule has 0 saturated heterocycles. The zero-order chi connectivity index (χ0) is 26.5. The summed E-state index contributed by atoms with van der Waals surface area (Å²) in [5, 5.41) is 36.1. The van der Waals surface area contributed by atoms with Gasteiger partial charge in [-0.15, -0.1) is 0 Å². The first-order chi connectivity index (χ1) is 17.7. The van der Waals surface area contributed by atoms with E-state index in [9.17, 15) is 28.9 Å². The molecule has 7 nitrogen and oxygen atoms in total. The van der Waals surface area contributed by atoms with Crippen LogP contribution in [-0.2, 0) is 19.6 Å². The summed E-state index contributed by atoms with van der Waals surface area (Å²) in [4.78, 5) is 15.6. The minimum atomic E-state index is -0.806. The molecule has 9 heteroatoms. The van der Waals surface area contributed by atoms with E-state index in [0.29, 0.717) is 17.5 Å². The van der Waals surface area contributed by atoms with E-state index < -0.39 is 23.6 Å². The molecule has 1 aromatic heterocycles. The Morgan fingerprint density at radius 2 is 1.81 bits per heavy atom. The van der Waals surface area contributed by atoms with Gasteiger partial charge in [0.25, 0.3) is 5.91 Å². The first-order valence-corrected chi connectivity index (χ1v) is 11.9. The number of hydrogen-bond acceptors (Lipinski definition) is 5. The number of aromatic nitrogens is 1. The molecule has 6 N–H and O–H groups in total. The lowest BCUT2D eigenvalue weighted by atomic mass is 10.0. The normalized spacial score (nSPS) is 13.0. The van der Waals surface area contributed by atoms with E-state index >= 15 is 0 Å². The molecular formula is C28H29F2N3O4. The van der Waals surface area contributed by atoms with E-state index in [4.69, 9.17) is 0 Å². The molecule has 0 spiro atoms. The highest BCUT2D eigenvalue weighted by molar-refractivity contribution is 5.98. The zero-order valence-electron chi connectivity index (χ0n) is 20.3. The fraction of sp³-hybridized carbons (Fsp3) is 0.250. The second kappa shape index (κ2) is 11.5. The van der Waals surface area contributed by atoms with E-state index in [1.54, 1.807) is 18.2 Å². The standard InChI is InChI=1S/C28H29F2N3O4/c1-16(31-14-27(36)18-6-8-26(35)20(11-18)15-34)9-17-5-7-24-19(10-17)12-25(33-24)28(37)32-13-21-22(29)3-2-4-23(21)30/h2-8,10-12,16,27,31,33-36H,9,13-15H2,1H3,(H,32,37)/t16?,27-/m0/s1. The van der Waals surface area contributed by atoms with Crippen LogP contribution in [0, 0.1) is 11.6 Å². The summed E-state index contributed by atoms with van der Waals surface area (Å²) < 4.78 is 27.6. The molecule has 0 saturated carbocycles. The molecule has 3 aromatic carbocycles. The van der Waals surface area contributed by atoms with Crippen molar-refractivity contribution >= 4 is 16.8 Å². The second-order valence-electron chi connectivity index (χ2n) is 9.06. The van der Waals surface area contributed by atoms with Gasteiger partial charge in [0.2, 0.25) is 0 Å². The van der Waals surface area contributed by atoms with Gasteiger partial charge in [-0.2, -0.15) is 0 Å². The number of H-pyrrole nitrogens is 1. The predicted octanol–water partition coefficient (Wildman–Crippen LogP) is 3.83. The van der Waals surface area contributed by atoms with Crippen molar-refractivity contribution < 1.29 is 28.9 Å². The molecule has 0 aliphatic rings. The number of aliphatic hydroxyl groups is 2. The molecule has 194 valence electrons. The maximum atomic E-state index is 13.8. The Kier molecular flexibility index (Phi) is 8.17. The van der Waals surface area contributed by atoms with Crippen molar-refractivity contribution in [1.29, 1.82) is 0 Å². The minimum Gasteiger partial charge on any atom is -0.508 e. The molecule has 0 fully saturated rings. The largest absolute Gasteiger partial charge is 0.508 e. The second-order valence-corrected chi connectivity index (χ2v) is 9.06. The Morgan fingerprint density at radius 1 is 1.05 bits per heavy atom. The molecule has 0 aliphatic heterocycles. The average molecular weight is 510 g/mol. The summed E-state index contributed by atoms with van der Waals surface area (Å²) in [6.07, 6.45) is -0.140. The van der Waals surface area contributed by atoms with Gasteiger partial charge in [0.1, 0.15) is 23.1 Å². The zero-order valence-corrected chi connectivity index (χ0v) is 20.3. The SMILES string of the molecule is CC(Cc1ccc2[nH]c(C(=O)NCc3c(F)cccc3F)cc2c1)NC[C@H](O)c1ccc(O)c(CO)c1. The van der Waals surface area contributed by atoms with Gasteiger partial charge in [0, 0.05) is 41.2 Å². The summed E-state index contributed by atoms with van der Waals surface area (Å²) in [5.41, 5.74) is 2.83. The lowest BCUT2D eigenvalue weighted by Gasteiger charge is -2.18. The van der Waals surface area contributed by atoms with E-state index in [1.807, 2.05) is 25.1 Å². The molecule has 0 aliphatic carbocycles. The number of aliphatic hydroxyl groups excluding tert-OH is 2. The smallest absolute Gasteiger partial charge is 0.268 e. The highest BCUT2D eigenvalue weighted by Gasteiger charge is 2.15. The van der Waals surface area contributed by atoms with Crippen LogP contribution in [0.5, 0.6) is 5.75 Å². The van der Waals surface area contributed by atoms with E-state index in [1.165, 1.54) is 12.1 Å². The van der Waals surface area contributed by atoms with Crippen LogP contribution in [0.15, 0.2) is 60.7 Å². The van der Waals surface area contributed by atoms with Gasteiger partial charge in [0.15, 0.2) is 0 Å². The van der Waals surface area contributed by atoms with Gasteiger partial charge >= 0.3 is 0 Å². The highest BCUT2D eigenvalue weighted by atomic mass is 19.1. The maximum Gasteiger partial charge on any atom is 0.268 e. The number of phenols is 1. The number of carbonyl (C=O) groups is 1. The van der Waals surface area contributed by atoms with Crippen molar-refractivity contribution in [3.63, 3.8) is 0 Å². The van der Waals surface area contributed by atoms with E-state index in [-0.39, 0.29) is 42.7 Å². The van der Waals surface area contributed by atoms with Crippen LogP contribution < -0.4 is 10.6 Å². The molecule has 0 bridgehead atoms. The third kappa shape index (κ3) is 6.32. The minimum absolute atomic E-state index is 0.0143. The van der Waals surface area contributed by atoms with Gasteiger partial charge in [-0.1, -0.05) is 18.2 Å². The Labute approximate surface area is 212 Å². The molecule has 1 unspecified atom stereocenters. The molecule has 1 heterocycles. The van der Waals surface area contributed by atoms with Crippen molar-refractivity contribution in [3.8, 4) is 5.75 Å². The van der Waals surface area contributed by atoms with E-state index in [2.05, 4.69) is 15.6 Å². The number of fused-ring (bicyclic) bond motifs is 1. The molecular weight excluding hydrogens is 480 g/mol. The topological polar surface area (TPSA) is 118 Å². The van der Waals surface area contributed by atoms with Gasteiger partial charge in [-0.05, 0) is 66.9 Å². The average Bonchev–Trinajstić information content (AvgIpc) is 3.31. The van der Waals surface area contributed by atoms with Crippen molar-refractivity contribution in [3.05, 3.63) is 100 Å². The summed E-state index contributed by atoms with van der Waals surface area (Å²) >= 11 is 0. The van der Waals surface area contributed by atoms with Crippen molar-refractivity contribution in [2.75, 3.05) is 6.54 Å². The van der Waals surface area contributed by atoms with Gasteiger partial charge in [-0.25, -0.2) is 8.78 Å². The van der Waals surface area contributed by atoms with Crippen molar-refractivity contribution in [1.82, 2.24) is 15.6 Å². The fourth-order valence-corrected chi connectivity index (χ4v) is 4.19. The molecule has 4 aromatic rings. The summed E-state index contributed by atoms with van der Waals surface area (Å²) in [6, 6.07) is 15.7. The maximum absolute atomic E-state index is 13.8. The number of rotatable bonds is 10. The molecule has 4 rings (SSSR count). The van der Waals surface area contributed by atoms with Crippen LogP contribution in [0.3, 0.4) is 0 Å². The molecule has 2 atom stereocenters. The van der Waals surface area contributed by atoms with Gasteiger partial charge in [-0.3, -0.25) is 4.79 Å². The van der Waals surface area contributed by atoms with Crippen molar-refractivity contribution in [2.24, 2.45) is 0 Å². The van der Waals surface area contributed by atoms with Crippen molar-refractivity contribution in [2.45, 2.75) is 38.6 Å². The Morgan fingerprint density at radius 3 is 2.54 bits per heavy atom. The number of aromatic hydroxyl groups is 1. The van der Waals surface area contributed by atoms with Crippen LogP contribution in [0.2, 0.25) is 0 Å². The van der Waals surface area contributed by atoms with Crippen LogP contribution in [0.4, 0.5) is 8.78 Å². The third-order valence-corrected chi connectivity index (χ3v) is 6.28. The quantitative estimate of drug-likeness (QED) is 0.194. The monoisotopic (exact) mass is 509 g/mol.